The van der Waals surface area contributed by atoms with Gasteiger partial charge in [-0.05, 0) is 0 Å². The van der Waals surface area contributed by atoms with Gasteiger partial charge < -0.3 is 15.8 Å². The molecule has 0 radical (unpaired) electrons. The van der Waals surface area contributed by atoms with Crippen molar-refractivity contribution < 1.29 is 14.3 Å². The number of amides is 1. The van der Waals surface area contributed by atoms with Crippen LogP contribution in [0.25, 0.3) is 0 Å². The fourth-order valence-electron chi connectivity index (χ4n) is 2.06. The molecule has 0 spiro atoms. The molecule has 0 saturated carbocycles. The average molecular weight is 213 g/mol. The van der Waals surface area contributed by atoms with E-state index in [1.807, 2.05) is 4.90 Å². The second-order valence-corrected chi connectivity index (χ2v) is 3.88. The average Bonchev–Trinajstić information content (AvgIpc) is 2.64. The number of nitrogens with zero attached hydrogens (tertiary/aromatic N) is 1. The fraction of sp³-hybridized carbons (Fsp3) is 0.778. The molecule has 2 rings (SSSR count). The molecular formula is C9H15N3O3. The second-order valence-electron chi connectivity index (χ2n) is 3.88. The second kappa shape index (κ2) is 4.16. The van der Waals surface area contributed by atoms with Crippen LogP contribution in [0.3, 0.4) is 0 Å². The summed E-state index contributed by atoms with van der Waals surface area (Å²) in [6, 6.07) is -0.541. The monoisotopic (exact) mass is 213 g/mol. The third-order valence-electron chi connectivity index (χ3n) is 2.90. The van der Waals surface area contributed by atoms with Crippen LogP contribution >= 0.6 is 0 Å². The van der Waals surface area contributed by atoms with Gasteiger partial charge in [0, 0.05) is 26.1 Å². The standard InChI is InChI=1S/C9H15N3O3/c10-8(13)6-5-12(3-2-11-6)7-1-4-15-9(7)14/h6-7,11H,1-5H2,(H2,10,13). The largest absolute Gasteiger partial charge is 0.464 e. The number of esters is 1. The minimum Gasteiger partial charge on any atom is -0.464 e. The zero-order chi connectivity index (χ0) is 10.8. The Kier molecular flexibility index (Phi) is 2.88. The molecule has 0 aromatic carbocycles. The predicted molar refractivity (Wildman–Crippen MR) is 51.9 cm³/mol. The van der Waals surface area contributed by atoms with Crippen LogP contribution in [0.1, 0.15) is 6.42 Å². The van der Waals surface area contributed by atoms with Gasteiger partial charge in [-0.3, -0.25) is 14.5 Å². The molecule has 84 valence electrons. The van der Waals surface area contributed by atoms with Crippen LogP contribution in [0.15, 0.2) is 0 Å². The van der Waals surface area contributed by atoms with E-state index in [1.165, 1.54) is 0 Å². The van der Waals surface area contributed by atoms with E-state index in [4.69, 9.17) is 10.5 Å². The van der Waals surface area contributed by atoms with Crippen molar-refractivity contribution in [3.8, 4) is 0 Å². The van der Waals surface area contributed by atoms with Gasteiger partial charge >= 0.3 is 5.97 Å². The van der Waals surface area contributed by atoms with Gasteiger partial charge in [0.05, 0.1) is 12.6 Å². The summed E-state index contributed by atoms with van der Waals surface area (Å²) in [5, 5.41) is 3.02. The Morgan fingerprint density at radius 2 is 2.40 bits per heavy atom. The predicted octanol–water partition coefficient (Wildman–Crippen LogP) is -1.94. The highest BCUT2D eigenvalue weighted by molar-refractivity contribution is 5.81. The summed E-state index contributed by atoms with van der Waals surface area (Å²) >= 11 is 0. The molecule has 2 heterocycles. The third kappa shape index (κ3) is 2.10. The van der Waals surface area contributed by atoms with Gasteiger partial charge in [-0.15, -0.1) is 0 Å². The summed E-state index contributed by atoms with van der Waals surface area (Å²) < 4.78 is 4.90. The lowest BCUT2D eigenvalue weighted by molar-refractivity contribution is -0.143. The van der Waals surface area contributed by atoms with Crippen molar-refractivity contribution in [1.29, 1.82) is 0 Å². The van der Waals surface area contributed by atoms with E-state index in [0.717, 1.165) is 6.54 Å². The summed E-state index contributed by atoms with van der Waals surface area (Å²) in [6.07, 6.45) is 0.713. The molecule has 6 nitrogen and oxygen atoms in total. The highest BCUT2D eigenvalue weighted by Crippen LogP contribution is 2.15. The van der Waals surface area contributed by atoms with Gasteiger partial charge in [0.15, 0.2) is 0 Å². The zero-order valence-corrected chi connectivity index (χ0v) is 8.44. The highest BCUT2D eigenvalue weighted by atomic mass is 16.5. The van der Waals surface area contributed by atoms with E-state index >= 15 is 0 Å². The van der Waals surface area contributed by atoms with Crippen molar-refractivity contribution in [3.05, 3.63) is 0 Å². The van der Waals surface area contributed by atoms with Crippen LogP contribution in [0.4, 0.5) is 0 Å². The first kappa shape index (κ1) is 10.4. The molecule has 2 atom stereocenters. The van der Waals surface area contributed by atoms with Crippen LogP contribution in [0.2, 0.25) is 0 Å². The van der Waals surface area contributed by atoms with Crippen LogP contribution in [-0.2, 0) is 14.3 Å². The number of nitrogens with one attached hydrogen (secondary N) is 1. The SMILES string of the molecule is NC(=O)C1CN(C2CCOC2=O)CCN1. The van der Waals surface area contributed by atoms with E-state index in [9.17, 15) is 9.59 Å². The fourth-order valence-corrected chi connectivity index (χ4v) is 2.06. The van der Waals surface area contributed by atoms with Crippen LogP contribution in [-0.4, -0.2) is 55.1 Å². The minimum atomic E-state index is -0.369. The van der Waals surface area contributed by atoms with Gasteiger partial charge in [-0.25, -0.2) is 0 Å². The first-order chi connectivity index (χ1) is 7.18. The molecule has 0 bridgehead atoms. The number of rotatable bonds is 2. The smallest absolute Gasteiger partial charge is 0.323 e. The van der Waals surface area contributed by atoms with E-state index in [-0.39, 0.29) is 24.0 Å². The van der Waals surface area contributed by atoms with Crippen molar-refractivity contribution >= 4 is 11.9 Å². The molecule has 0 aliphatic carbocycles. The van der Waals surface area contributed by atoms with Crippen LogP contribution in [0, 0.1) is 0 Å². The van der Waals surface area contributed by atoms with Gasteiger partial charge in [0.2, 0.25) is 5.91 Å². The van der Waals surface area contributed by atoms with Crippen molar-refractivity contribution in [3.63, 3.8) is 0 Å². The number of carbonyl (C=O) groups excluding carboxylic acids is 2. The number of hydrogen-bond acceptors (Lipinski definition) is 5. The molecule has 0 aromatic heterocycles. The molecule has 6 heteroatoms. The number of piperazine rings is 1. The number of carbonyl (C=O) groups is 2. The minimum absolute atomic E-state index is 0.180. The summed E-state index contributed by atoms with van der Waals surface area (Å²) in [5.74, 6) is -0.550. The lowest BCUT2D eigenvalue weighted by atomic mass is 10.1. The number of ether oxygens (including phenoxy) is 1. The Hall–Kier alpha value is -1.14. The first-order valence-corrected chi connectivity index (χ1v) is 5.12. The third-order valence-corrected chi connectivity index (χ3v) is 2.90. The molecule has 1 amide bonds. The quantitative estimate of drug-likeness (QED) is 0.521. The number of nitrogens with two attached hydrogens (primary N) is 1. The Labute approximate surface area is 87.7 Å². The maximum absolute atomic E-state index is 11.3. The molecule has 2 aliphatic rings. The molecule has 2 aliphatic heterocycles. The van der Waals surface area contributed by atoms with E-state index < -0.39 is 0 Å². The summed E-state index contributed by atoms with van der Waals surface area (Å²) in [5.41, 5.74) is 5.22. The van der Waals surface area contributed by atoms with Gasteiger partial charge in [0.25, 0.3) is 0 Å². The summed E-state index contributed by atoms with van der Waals surface area (Å²) in [6.45, 7) is 2.41. The molecule has 3 N–H and O–H groups in total. The lowest BCUT2D eigenvalue weighted by Gasteiger charge is -2.34. The lowest BCUT2D eigenvalue weighted by Crippen LogP contribution is -2.59. The number of primary amides is 1. The van der Waals surface area contributed by atoms with Gasteiger partial charge in [0.1, 0.15) is 6.04 Å². The highest BCUT2D eigenvalue weighted by Gasteiger charge is 2.35. The summed E-state index contributed by atoms with van der Waals surface area (Å²) in [4.78, 5) is 24.3. The topological polar surface area (TPSA) is 84.7 Å². The van der Waals surface area contributed by atoms with Crippen molar-refractivity contribution in [2.75, 3.05) is 26.2 Å². The molecular weight excluding hydrogens is 198 g/mol. The Morgan fingerprint density at radius 1 is 1.60 bits per heavy atom. The Balaban J connectivity index is 1.97. The maximum atomic E-state index is 11.3. The van der Waals surface area contributed by atoms with Crippen LogP contribution < -0.4 is 11.1 Å². The molecule has 15 heavy (non-hydrogen) atoms. The maximum Gasteiger partial charge on any atom is 0.323 e. The van der Waals surface area contributed by atoms with Crippen molar-refractivity contribution in [2.45, 2.75) is 18.5 Å². The zero-order valence-electron chi connectivity index (χ0n) is 8.44. The number of hydrogen-bond donors (Lipinski definition) is 2. The van der Waals surface area contributed by atoms with Gasteiger partial charge in [-0.1, -0.05) is 0 Å². The Morgan fingerprint density at radius 3 is 3.00 bits per heavy atom. The molecule has 2 saturated heterocycles. The van der Waals surface area contributed by atoms with Crippen molar-refractivity contribution in [2.24, 2.45) is 5.73 Å². The molecule has 0 aromatic rings. The first-order valence-electron chi connectivity index (χ1n) is 5.12. The number of cyclic esters (lactones) is 1. The van der Waals surface area contributed by atoms with E-state index in [2.05, 4.69) is 5.32 Å². The van der Waals surface area contributed by atoms with Crippen LogP contribution in [0.5, 0.6) is 0 Å². The molecule has 2 fully saturated rings. The van der Waals surface area contributed by atoms with E-state index in [1.54, 1.807) is 0 Å². The van der Waals surface area contributed by atoms with E-state index in [0.29, 0.717) is 26.1 Å². The molecule has 2 unspecified atom stereocenters. The van der Waals surface area contributed by atoms with Crippen molar-refractivity contribution in [1.82, 2.24) is 10.2 Å². The summed E-state index contributed by atoms with van der Waals surface area (Å²) in [7, 11) is 0. The normalized spacial score (nSPS) is 32.7. The van der Waals surface area contributed by atoms with Gasteiger partial charge in [-0.2, -0.15) is 0 Å². The Bertz CT molecular complexity index is 282.